The smallest absolute Gasteiger partial charge is 0.0705 e. The van der Waals surface area contributed by atoms with Crippen LogP contribution in [-0.4, -0.2) is 11.5 Å². The van der Waals surface area contributed by atoms with Crippen LogP contribution in [0.15, 0.2) is 47.2 Å². The third-order valence-electron chi connectivity index (χ3n) is 3.79. The summed E-state index contributed by atoms with van der Waals surface area (Å²) in [6.07, 6.45) is 0.927. The highest BCUT2D eigenvalue weighted by molar-refractivity contribution is 7.08. The van der Waals surface area contributed by atoms with Gasteiger partial charge in [0.1, 0.15) is 0 Å². The largest absolute Gasteiger partial charge is 0.310 e. The van der Waals surface area contributed by atoms with E-state index in [1.807, 2.05) is 6.07 Å². The van der Waals surface area contributed by atoms with Crippen LogP contribution in [0.5, 0.6) is 0 Å². The fourth-order valence-corrected chi connectivity index (χ4v) is 3.60. The van der Waals surface area contributed by atoms with E-state index >= 15 is 0 Å². The third kappa shape index (κ3) is 3.14. The molecule has 2 aromatic heterocycles. The van der Waals surface area contributed by atoms with Gasteiger partial charge in [-0.3, -0.25) is 4.98 Å². The summed E-state index contributed by atoms with van der Waals surface area (Å²) in [7, 11) is 0. The van der Waals surface area contributed by atoms with E-state index in [2.05, 4.69) is 60.3 Å². The monoisotopic (exact) mass is 296 g/mol. The van der Waals surface area contributed by atoms with E-state index < -0.39 is 0 Å². The minimum absolute atomic E-state index is 0.343. The number of aromatic nitrogens is 1. The zero-order chi connectivity index (χ0) is 14.7. The Morgan fingerprint density at radius 1 is 1.14 bits per heavy atom. The van der Waals surface area contributed by atoms with Gasteiger partial charge >= 0.3 is 0 Å². The number of aryl methyl sites for hydroxylation is 1. The minimum atomic E-state index is 0.343. The second-order valence-electron chi connectivity index (χ2n) is 5.32. The number of thiophene rings is 1. The van der Waals surface area contributed by atoms with Gasteiger partial charge in [0.15, 0.2) is 0 Å². The predicted octanol–water partition coefficient (Wildman–Crippen LogP) is 4.50. The van der Waals surface area contributed by atoms with E-state index in [9.17, 15) is 0 Å². The molecule has 0 saturated carbocycles. The molecule has 2 nitrogen and oxygen atoms in total. The molecular weight excluding hydrogens is 276 g/mol. The maximum Gasteiger partial charge on any atom is 0.0705 e. The number of pyridine rings is 1. The summed E-state index contributed by atoms with van der Waals surface area (Å²) in [5, 5.41) is 9.26. The second-order valence-corrected chi connectivity index (χ2v) is 6.06. The topological polar surface area (TPSA) is 24.9 Å². The SMILES string of the molecule is CCNC(Cc1ccc2ccccc2n1)c1cscc1C. The molecule has 3 heteroatoms. The molecule has 0 aliphatic carbocycles. The van der Waals surface area contributed by atoms with Gasteiger partial charge in [-0.1, -0.05) is 31.2 Å². The molecule has 3 rings (SSSR count). The van der Waals surface area contributed by atoms with Gasteiger partial charge in [-0.25, -0.2) is 0 Å². The van der Waals surface area contributed by atoms with Crippen molar-refractivity contribution in [3.63, 3.8) is 0 Å². The molecule has 0 amide bonds. The van der Waals surface area contributed by atoms with Crippen LogP contribution in [0, 0.1) is 6.92 Å². The zero-order valence-electron chi connectivity index (χ0n) is 12.5. The molecule has 3 aromatic rings. The van der Waals surface area contributed by atoms with Gasteiger partial charge < -0.3 is 5.32 Å². The van der Waals surface area contributed by atoms with Crippen molar-refractivity contribution in [1.29, 1.82) is 0 Å². The van der Waals surface area contributed by atoms with Crippen LogP contribution in [0.3, 0.4) is 0 Å². The molecule has 0 aliphatic heterocycles. The Labute approximate surface area is 129 Å². The lowest BCUT2D eigenvalue weighted by Gasteiger charge is -2.18. The van der Waals surface area contributed by atoms with E-state index in [4.69, 9.17) is 4.98 Å². The fourth-order valence-electron chi connectivity index (χ4n) is 2.70. The number of hydrogen-bond acceptors (Lipinski definition) is 3. The van der Waals surface area contributed by atoms with E-state index in [0.29, 0.717) is 6.04 Å². The Hall–Kier alpha value is -1.71. The molecule has 0 bridgehead atoms. The second kappa shape index (κ2) is 6.37. The van der Waals surface area contributed by atoms with Crippen molar-refractivity contribution in [3.05, 3.63) is 64.0 Å². The zero-order valence-corrected chi connectivity index (χ0v) is 13.3. The molecule has 1 unspecified atom stereocenters. The molecule has 1 N–H and O–H groups in total. The van der Waals surface area contributed by atoms with Crippen molar-refractivity contribution in [2.75, 3.05) is 6.54 Å². The molecule has 108 valence electrons. The van der Waals surface area contributed by atoms with Crippen LogP contribution in [0.25, 0.3) is 10.9 Å². The summed E-state index contributed by atoms with van der Waals surface area (Å²) in [5.74, 6) is 0. The van der Waals surface area contributed by atoms with E-state index in [-0.39, 0.29) is 0 Å². The highest BCUT2D eigenvalue weighted by Gasteiger charge is 2.15. The lowest BCUT2D eigenvalue weighted by atomic mass is 10.0. The van der Waals surface area contributed by atoms with Gasteiger partial charge in [0, 0.05) is 23.5 Å². The molecule has 0 aliphatic rings. The molecule has 0 radical (unpaired) electrons. The highest BCUT2D eigenvalue weighted by Crippen LogP contribution is 2.25. The van der Waals surface area contributed by atoms with Crippen molar-refractivity contribution in [3.8, 4) is 0 Å². The number of rotatable bonds is 5. The summed E-state index contributed by atoms with van der Waals surface area (Å²) >= 11 is 1.77. The highest BCUT2D eigenvalue weighted by atomic mass is 32.1. The fraction of sp³-hybridized carbons (Fsp3) is 0.278. The van der Waals surface area contributed by atoms with Gasteiger partial charge in [0.05, 0.1) is 5.52 Å². The van der Waals surface area contributed by atoms with Crippen molar-refractivity contribution >= 4 is 22.2 Å². The first-order valence-corrected chi connectivity index (χ1v) is 8.33. The predicted molar refractivity (Wildman–Crippen MR) is 90.9 cm³/mol. The summed E-state index contributed by atoms with van der Waals surface area (Å²) < 4.78 is 0. The molecule has 1 aromatic carbocycles. The Balaban J connectivity index is 1.89. The van der Waals surface area contributed by atoms with E-state index in [0.717, 1.165) is 24.2 Å². The van der Waals surface area contributed by atoms with Gasteiger partial charge in [-0.05, 0) is 47.5 Å². The number of likely N-dealkylation sites (N-methyl/N-ethyl adjacent to an activating group) is 1. The van der Waals surface area contributed by atoms with Crippen LogP contribution in [-0.2, 0) is 6.42 Å². The molecule has 1 atom stereocenters. The number of nitrogens with one attached hydrogen (secondary N) is 1. The first-order valence-electron chi connectivity index (χ1n) is 7.38. The van der Waals surface area contributed by atoms with Crippen molar-refractivity contribution < 1.29 is 0 Å². The third-order valence-corrected chi connectivity index (χ3v) is 4.67. The number of nitrogens with zero attached hydrogens (tertiary/aromatic N) is 1. The lowest BCUT2D eigenvalue weighted by molar-refractivity contribution is 0.544. The van der Waals surface area contributed by atoms with Crippen LogP contribution < -0.4 is 5.32 Å². The minimum Gasteiger partial charge on any atom is -0.310 e. The number of hydrogen-bond donors (Lipinski definition) is 1. The van der Waals surface area contributed by atoms with Gasteiger partial charge in [-0.15, -0.1) is 0 Å². The maximum atomic E-state index is 4.80. The van der Waals surface area contributed by atoms with Gasteiger partial charge in [0.25, 0.3) is 0 Å². The summed E-state index contributed by atoms with van der Waals surface area (Å²) in [6.45, 7) is 5.31. The van der Waals surface area contributed by atoms with Crippen LogP contribution >= 0.6 is 11.3 Å². The van der Waals surface area contributed by atoms with Crippen LogP contribution in [0.2, 0.25) is 0 Å². The lowest BCUT2D eigenvalue weighted by Crippen LogP contribution is -2.23. The number of para-hydroxylation sites is 1. The molecule has 2 heterocycles. The van der Waals surface area contributed by atoms with Crippen molar-refractivity contribution in [2.24, 2.45) is 0 Å². The first kappa shape index (κ1) is 14.2. The van der Waals surface area contributed by atoms with E-state index in [1.54, 1.807) is 11.3 Å². The Morgan fingerprint density at radius 3 is 2.76 bits per heavy atom. The molecule has 0 fully saturated rings. The Bertz CT molecular complexity index is 733. The van der Waals surface area contributed by atoms with Crippen molar-refractivity contribution in [1.82, 2.24) is 10.3 Å². The molecule has 0 spiro atoms. The average Bonchev–Trinajstić information content (AvgIpc) is 2.93. The van der Waals surface area contributed by atoms with Crippen molar-refractivity contribution in [2.45, 2.75) is 26.3 Å². The number of fused-ring (bicyclic) bond motifs is 1. The summed E-state index contributed by atoms with van der Waals surface area (Å²) in [4.78, 5) is 4.80. The van der Waals surface area contributed by atoms with Gasteiger partial charge in [0.2, 0.25) is 0 Å². The van der Waals surface area contributed by atoms with Crippen LogP contribution in [0.1, 0.15) is 29.8 Å². The van der Waals surface area contributed by atoms with Gasteiger partial charge in [-0.2, -0.15) is 11.3 Å². The summed E-state index contributed by atoms with van der Waals surface area (Å²) in [6, 6.07) is 12.9. The molecule has 21 heavy (non-hydrogen) atoms. The first-order chi connectivity index (χ1) is 10.3. The summed E-state index contributed by atoms with van der Waals surface area (Å²) in [5.41, 5.74) is 4.99. The average molecular weight is 296 g/mol. The molecular formula is C18H20N2S. The maximum absolute atomic E-state index is 4.80. The standard InChI is InChI=1S/C18H20N2S/c1-3-19-18(16-12-21-11-13(16)2)10-15-9-8-14-6-4-5-7-17(14)20-15/h4-9,11-12,18-19H,3,10H2,1-2H3. The number of benzene rings is 1. The normalized spacial score (nSPS) is 12.7. The Morgan fingerprint density at radius 2 is 2.00 bits per heavy atom. The quantitative estimate of drug-likeness (QED) is 0.750. The Kier molecular flexibility index (Phi) is 4.32. The molecule has 0 saturated heterocycles. The van der Waals surface area contributed by atoms with Crippen LogP contribution in [0.4, 0.5) is 0 Å². The van der Waals surface area contributed by atoms with E-state index in [1.165, 1.54) is 16.5 Å².